The van der Waals surface area contributed by atoms with Gasteiger partial charge in [-0.25, -0.2) is 4.98 Å². The number of para-hydroxylation sites is 2. The summed E-state index contributed by atoms with van der Waals surface area (Å²) in [5.74, 6) is 0.792. The summed E-state index contributed by atoms with van der Waals surface area (Å²) in [5.41, 5.74) is 3.53. The first-order valence-electron chi connectivity index (χ1n) is 10.2. The lowest BCUT2D eigenvalue weighted by atomic mass is 10.2. The normalized spacial score (nSPS) is 10.7. The van der Waals surface area contributed by atoms with Crippen LogP contribution >= 0.6 is 0 Å². The average Bonchev–Trinajstić information content (AvgIpc) is 2.78. The van der Waals surface area contributed by atoms with E-state index in [0.29, 0.717) is 28.5 Å². The van der Waals surface area contributed by atoms with E-state index in [1.54, 1.807) is 30.5 Å². The zero-order valence-electron chi connectivity index (χ0n) is 17.9. The topological polar surface area (TPSA) is 81.9 Å². The van der Waals surface area contributed by atoms with Gasteiger partial charge in [0.1, 0.15) is 23.8 Å². The predicted molar refractivity (Wildman–Crippen MR) is 122 cm³/mol. The second-order valence-electron chi connectivity index (χ2n) is 7.45. The number of carbonyl (C=O) groups excluding carboxylic acids is 1. The van der Waals surface area contributed by atoms with Crippen LogP contribution in [0.1, 0.15) is 16.8 Å². The number of carbonyl (C=O) groups is 1. The first-order valence-corrected chi connectivity index (χ1v) is 10.2. The number of nitrogens with one attached hydrogen (secondary N) is 1. The number of aromatic nitrogens is 2. The molecule has 7 nitrogen and oxygen atoms in total. The molecule has 0 aliphatic heterocycles. The van der Waals surface area contributed by atoms with Crippen LogP contribution in [0.3, 0.4) is 0 Å². The standard InChI is InChI=1S/C25H23N3O4/c1-17-7-9-20(10-8-17)31-16-24(29)27-21-5-3-4-6-22(21)32-15-19-14-25(30)28-12-11-18(2)13-23(28)26-19/h3-14H,15-16H2,1-2H3,(H,27,29). The van der Waals surface area contributed by atoms with Crippen LogP contribution in [0.2, 0.25) is 0 Å². The third kappa shape index (κ3) is 5.13. The summed E-state index contributed by atoms with van der Waals surface area (Å²) in [6.07, 6.45) is 1.70. The zero-order valence-corrected chi connectivity index (χ0v) is 17.9. The number of fused-ring (bicyclic) bond motifs is 1. The van der Waals surface area contributed by atoms with Crippen molar-refractivity contribution in [2.24, 2.45) is 0 Å². The molecule has 32 heavy (non-hydrogen) atoms. The van der Waals surface area contributed by atoms with Crippen LogP contribution in [0.25, 0.3) is 5.65 Å². The molecule has 0 atom stereocenters. The molecule has 2 aromatic heterocycles. The molecule has 0 spiro atoms. The van der Waals surface area contributed by atoms with E-state index in [2.05, 4.69) is 10.3 Å². The summed E-state index contributed by atoms with van der Waals surface area (Å²) in [7, 11) is 0. The zero-order chi connectivity index (χ0) is 22.5. The van der Waals surface area contributed by atoms with Crippen molar-refractivity contribution in [3.05, 3.63) is 100 Å². The minimum Gasteiger partial charge on any atom is -0.485 e. The van der Waals surface area contributed by atoms with Gasteiger partial charge in [0.25, 0.3) is 11.5 Å². The molecule has 4 aromatic rings. The van der Waals surface area contributed by atoms with Crippen molar-refractivity contribution in [3.8, 4) is 11.5 Å². The minimum absolute atomic E-state index is 0.0897. The summed E-state index contributed by atoms with van der Waals surface area (Å²) in [6.45, 7) is 3.89. The van der Waals surface area contributed by atoms with E-state index < -0.39 is 0 Å². The number of aryl methyl sites for hydroxylation is 2. The van der Waals surface area contributed by atoms with E-state index in [1.807, 2.05) is 50.2 Å². The highest BCUT2D eigenvalue weighted by atomic mass is 16.5. The van der Waals surface area contributed by atoms with E-state index >= 15 is 0 Å². The number of anilines is 1. The molecule has 2 aromatic carbocycles. The highest BCUT2D eigenvalue weighted by Crippen LogP contribution is 2.24. The van der Waals surface area contributed by atoms with E-state index in [1.165, 1.54) is 10.5 Å². The predicted octanol–water partition coefficient (Wildman–Crippen LogP) is 3.91. The molecule has 1 amide bonds. The number of pyridine rings is 1. The molecule has 0 saturated carbocycles. The Morgan fingerprint density at radius 3 is 2.56 bits per heavy atom. The quantitative estimate of drug-likeness (QED) is 0.482. The molecule has 0 bridgehead atoms. The van der Waals surface area contributed by atoms with Crippen molar-refractivity contribution >= 4 is 17.2 Å². The van der Waals surface area contributed by atoms with Gasteiger partial charge in [0, 0.05) is 12.3 Å². The second-order valence-corrected chi connectivity index (χ2v) is 7.45. The largest absolute Gasteiger partial charge is 0.485 e. The Morgan fingerprint density at radius 2 is 1.75 bits per heavy atom. The van der Waals surface area contributed by atoms with Crippen molar-refractivity contribution in [1.82, 2.24) is 9.38 Å². The van der Waals surface area contributed by atoms with Crippen molar-refractivity contribution in [2.45, 2.75) is 20.5 Å². The third-order valence-corrected chi connectivity index (χ3v) is 4.80. The van der Waals surface area contributed by atoms with Crippen molar-refractivity contribution in [2.75, 3.05) is 11.9 Å². The molecule has 0 saturated heterocycles. The smallest absolute Gasteiger partial charge is 0.262 e. The summed E-state index contributed by atoms with van der Waals surface area (Å²) in [6, 6.07) is 19.7. The van der Waals surface area contributed by atoms with Gasteiger partial charge in [-0.1, -0.05) is 29.8 Å². The molecule has 0 unspecified atom stereocenters. The molecule has 2 heterocycles. The van der Waals surface area contributed by atoms with E-state index in [0.717, 1.165) is 11.1 Å². The first kappa shape index (κ1) is 21.1. The Bertz CT molecular complexity index is 1310. The molecule has 0 fully saturated rings. The van der Waals surface area contributed by atoms with Gasteiger partial charge in [0.15, 0.2) is 6.61 Å². The van der Waals surface area contributed by atoms with E-state index in [9.17, 15) is 9.59 Å². The fourth-order valence-corrected chi connectivity index (χ4v) is 3.14. The highest BCUT2D eigenvalue weighted by Gasteiger charge is 2.10. The molecular weight excluding hydrogens is 406 g/mol. The van der Waals surface area contributed by atoms with Crippen LogP contribution in [-0.2, 0) is 11.4 Å². The molecule has 0 aliphatic carbocycles. The number of nitrogens with zero attached hydrogens (tertiary/aromatic N) is 2. The number of hydrogen-bond donors (Lipinski definition) is 1. The van der Waals surface area contributed by atoms with Gasteiger partial charge in [-0.2, -0.15) is 0 Å². The summed E-state index contributed by atoms with van der Waals surface area (Å²) < 4.78 is 12.9. The SMILES string of the molecule is Cc1ccc(OCC(=O)Nc2ccccc2OCc2cc(=O)n3ccc(C)cc3n2)cc1. The van der Waals surface area contributed by atoms with Gasteiger partial charge in [-0.05, 0) is 55.8 Å². The van der Waals surface area contributed by atoms with Crippen LogP contribution in [0.15, 0.2) is 77.7 Å². The maximum Gasteiger partial charge on any atom is 0.262 e. The van der Waals surface area contributed by atoms with E-state index in [4.69, 9.17) is 9.47 Å². The van der Waals surface area contributed by atoms with E-state index in [-0.39, 0.29) is 24.7 Å². The number of hydrogen-bond acceptors (Lipinski definition) is 5. The molecule has 4 rings (SSSR count). The van der Waals surface area contributed by atoms with Gasteiger partial charge in [-0.15, -0.1) is 0 Å². The molecule has 0 radical (unpaired) electrons. The molecular formula is C25H23N3O4. The van der Waals surface area contributed by atoms with Crippen molar-refractivity contribution in [3.63, 3.8) is 0 Å². The van der Waals surface area contributed by atoms with Crippen LogP contribution in [0.5, 0.6) is 11.5 Å². The lowest BCUT2D eigenvalue weighted by Gasteiger charge is -2.13. The summed E-state index contributed by atoms with van der Waals surface area (Å²) in [5, 5.41) is 2.80. The monoisotopic (exact) mass is 429 g/mol. The maximum atomic E-state index is 12.4. The molecule has 0 aliphatic rings. The lowest BCUT2D eigenvalue weighted by Crippen LogP contribution is -2.20. The Hall–Kier alpha value is -4.13. The number of ether oxygens (including phenoxy) is 2. The fourth-order valence-electron chi connectivity index (χ4n) is 3.14. The Balaban J connectivity index is 1.42. The molecule has 1 N–H and O–H groups in total. The Labute approximate surface area is 185 Å². The number of amides is 1. The second kappa shape index (κ2) is 9.34. The average molecular weight is 429 g/mol. The Kier molecular flexibility index (Phi) is 6.17. The Morgan fingerprint density at radius 1 is 0.969 bits per heavy atom. The van der Waals surface area contributed by atoms with Crippen molar-refractivity contribution in [1.29, 1.82) is 0 Å². The maximum absolute atomic E-state index is 12.4. The first-order chi connectivity index (χ1) is 15.5. The lowest BCUT2D eigenvalue weighted by molar-refractivity contribution is -0.118. The van der Waals surface area contributed by atoms with Crippen LogP contribution in [-0.4, -0.2) is 21.9 Å². The number of benzene rings is 2. The number of rotatable bonds is 7. The van der Waals surface area contributed by atoms with Crippen molar-refractivity contribution < 1.29 is 14.3 Å². The third-order valence-electron chi connectivity index (χ3n) is 4.80. The van der Waals surface area contributed by atoms with Gasteiger partial charge < -0.3 is 14.8 Å². The van der Waals surface area contributed by atoms with Gasteiger partial charge >= 0.3 is 0 Å². The molecule has 7 heteroatoms. The van der Waals surface area contributed by atoms with Crippen LogP contribution in [0, 0.1) is 13.8 Å². The molecule has 162 valence electrons. The fraction of sp³-hybridized carbons (Fsp3) is 0.160. The minimum atomic E-state index is -0.306. The van der Waals surface area contributed by atoms with Gasteiger partial charge in [0.2, 0.25) is 0 Å². The summed E-state index contributed by atoms with van der Waals surface area (Å²) in [4.78, 5) is 29.2. The van der Waals surface area contributed by atoms with Crippen LogP contribution < -0.4 is 20.3 Å². The highest BCUT2D eigenvalue weighted by molar-refractivity contribution is 5.93. The van der Waals surface area contributed by atoms with Gasteiger partial charge in [0.05, 0.1) is 11.4 Å². The van der Waals surface area contributed by atoms with Gasteiger partial charge in [-0.3, -0.25) is 14.0 Å². The van der Waals surface area contributed by atoms with Crippen LogP contribution in [0.4, 0.5) is 5.69 Å². The summed E-state index contributed by atoms with van der Waals surface area (Å²) >= 11 is 0.